The number of hydrogen-bond donors (Lipinski definition) is 2. The van der Waals surface area contributed by atoms with Crippen molar-refractivity contribution in [3.63, 3.8) is 0 Å². The molecule has 3 aliphatic rings. The number of amides is 4. The van der Waals surface area contributed by atoms with Crippen LogP contribution in [0.5, 0.6) is 0 Å². The molecule has 3 rings (SSSR count). The molecule has 32 heteroatoms. The Bertz CT molecular complexity index is 2220. The lowest BCUT2D eigenvalue weighted by molar-refractivity contribution is -0.161. The molecule has 28 nitrogen and oxygen atoms in total. The molecule has 0 spiro atoms. The zero-order valence-electron chi connectivity index (χ0n) is 57.8. The molecule has 554 valence electrons. The average molecular weight is 1640 g/mol. The summed E-state index contributed by atoms with van der Waals surface area (Å²) in [5.41, 5.74) is -4.16. The Hall–Kier alpha value is -2.90. The quantitative estimate of drug-likeness (QED) is 0.0209. The van der Waals surface area contributed by atoms with Crippen LogP contribution in [0.1, 0.15) is 82.6 Å². The molecule has 0 aromatic rings. The smallest absolute Gasteiger partial charge is 0.322 e. The molecule has 0 saturated carbocycles. The summed E-state index contributed by atoms with van der Waals surface area (Å²) in [5, 5.41) is 5.87. The average Bonchev–Trinajstić information content (AvgIpc) is 1.58. The molecule has 4 amide bonds. The topological polar surface area (TPSA) is 321 Å². The van der Waals surface area contributed by atoms with Crippen molar-refractivity contribution in [1.29, 1.82) is 0 Å². The van der Waals surface area contributed by atoms with Crippen LogP contribution in [0, 0.1) is 28.1 Å². The molecule has 4 unspecified atom stereocenters. The lowest BCUT2D eigenvalue weighted by Crippen LogP contribution is -2.55. The molecule has 2 bridgehead atoms. The number of rotatable bonds is 57. The molecular weight excluding hydrogens is 1530 g/mol. The Labute approximate surface area is 599 Å². The van der Waals surface area contributed by atoms with Crippen molar-refractivity contribution in [2.75, 3.05) is 205 Å². The van der Waals surface area contributed by atoms with Gasteiger partial charge in [0.05, 0.1) is 189 Å². The van der Waals surface area contributed by atoms with E-state index in [1.54, 1.807) is 55.4 Å². The zero-order valence-corrected chi connectivity index (χ0v) is 64.1. The third-order valence-corrected chi connectivity index (χ3v) is 16.4. The largest absolute Gasteiger partial charge is 0.463 e. The fourth-order valence-corrected chi connectivity index (χ4v) is 9.32. The van der Waals surface area contributed by atoms with Crippen LogP contribution in [0.2, 0.25) is 0 Å². The Kier molecular flexibility index (Phi) is 40.5. The first-order valence-electron chi connectivity index (χ1n) is 32.3. The molecule has 4 atom stereocenters. The molecule has 2 saturated heterocycles. The van der Waals surface area contributed by atoms with Crippen LogP contribution >= 0.6 is 63.7 Å². The Morgan fingerprint density at radius 3 is 0.844 bits per heavy atom. The Morgan fingerprint density at radius 1 is 0.385 bits per heavy atom. The van der Waals surface area contributed by atoms with Gasteiger partial charge in [-0.1, -0.05) is 82.8 Å². The minimum atomic E-state index is -1.58. The fourth-order valence-electron chi connectivity index (χ4n) is 8.86. The number of hydrogen-bond acceptors (Lipinski definition) is 25. The number of carbonyl (C=O) groups excluding carboxylic acids is 8. The summed E-state index contributed by atoms with van der Waals surface area (Å²) in [5.74, 6) is -5.00. The maximum absolute atomic E-state index is 14.3. The predicted octanol–water partition coefficient (Wildman–Crippen LogP) is 4.63. The number of nitrogens with one attached hydrogen (secondary N) is 2. The summed E-state index contributed by atoms with van der Waals surface area (Å²) >= 11 is 13.1. The van der Waals surface area contributed by atoms with E-state index in [1.165, 1.54) is 18.7 Å². The maximum atomic E-state index is 14.3. The van der Waals surface area contributed by atoms with E-state index in [0.717, 1.165) is 0 Å². The summed E-state index contributed by atoms with van der Waals surface area (Å²) in [6.45, 7) is 24.1. The van der Waals surface area contributed by atoms with Gasteiger partial charge in [0, 0.05) is 18.5 Å². The van der Waals surface area contributed by atoms with Crippen molar-refractivity contribution in [3.05, 3.63) is 12.2 Å². The summed E-state index contributed by atoms with van der Waals surface area (Å²) in [6.07, 6.45) is 3.49. The van der Waals surface area contributed by atoms with Crippen molar-refractivity contribution >= 4 is 111 Å². The number of carbonyl (C=O) groups is 8. The van der Waals surface area contributed by atoms with Gasteiger partial charge in [0.1, 0.15) is 54.6 Å². The van der Waals surface area contributed by atoms with Gasteiger partial charge in [0.25, 0.3) is 0 Å². The van der Waals surface area contributed by atoms with Gasteiger partial charge in [0.2, 0.25) is 23.6 Å². The van der Waals surface area contributed by atoms with Gasteiger partial charge in [-0.25, -0.2) is 0 Å². The van der Waals surface area contributed by atoms with E-state index in [9.17, 15) is 38.4 Å². The van der Waals surface area contributed by atoms with E-state index in [4.69, 9.17) is 80.5 Å². The monoisotopic (exact) mass is 1630 g/mol. The van der Waals surface area contributed by atoms with E-state index in [0.29, 0.717) is 132 Å². The van der Waals surface area contributed by atoms with Gasteiger partial charge in [-0.2, -0.15) is 0 Å². The third-order valence-electron chi connectivity index (χ3n) is 15.1. The number of ether oxygens (including phenoxy) is 17. The Balaban J connectivity index is 1.25. The highest BCUT2D eigenvalue weighted by Crippen LogP contribution is 2.45. The van der Waals surface area contributed by atoms with E-state index >= 15 is 0 Å². The summed E-state index contributed by atoms with van der Waals surface area (Å²) in [7, 11) is 0. The van der Waals surface area contributed by atoms with Crippen LogP contribution in [0.4, 0.5) is 0 Å². The second kappa shape index (κ2) is 44.5. The number of likely N-dealkylation sites (tertiary alicyclic amines) is 1. The van der Waals surface area contributed by atoms with Crippen molar-refractivity contribution in [2.45, 2.75) is 112 Å². The second-order valence-electron chi connectivity index (χ2n) is 25.7. The summed E-state index contributed by atoms with van der Waals surface area (Å²) in [6, 6.07) is 0. The highest BCUT2D eigenvalue weighted by atomic mass is 79.9. The molecule has 3 heterocycles. The van der Waals surface area contributed by atoms with Crippen LogP contribution in [0.25, 0.3) is 0 Å². The van der Waals surface area contributed by atoms with Crippen LogP contribution in [0.15, 0.2) is 12.2 Å². The van der Waals surface area contributed by atoms with E-state index in [-0.39, 0.29) is 76.7 Å². The predicted molar refractivity (Wildman–Crippen MR) is 362 cm³/mol. The van der Waals surface area contributed by atoms with Crippen molar-refractivity contribution < 1.29 is 119 Å². The number of imide groups is 1. The highest BCUT2D eigenvalue weighted by Gasteiger charge is 2.60. The van der Waals surface area contributed by atoms with Gasteiger partial charge in [-0.05, 0) is 75.7 Å². The summed E-state index contributed by atoms with van der Waals surface area (Å²) in [4.78, 5) is 107. The lowest BCUT2D eigenvalue weighted by Gasteiger charge is -2.37. The first-order chi connectivity index (χ1) is 45.2. The molecule has 96 heavy (non-hydrogen) atoms. The normalized spacial score (nSPS) is 17.5. The maximum Gasteiger partial charge on any atom is 0.322 e. The van der Waals surface area contributed by atoms with Gasteiger partial charge in [0.15, 0.2) is 0 Å². The fraction of sp³-hybridized carbons (Fsp3) is 0.844. The molecule has 0 aromatic heterocycles. The zero-order chi connectivity index (χ0) is 71.5. The molecule has 3 aliphatic heterocycles. The molecule has 0 aliphatic carbocycles. The van der Waals surface area contributed by atoms with Crippen LogP contribution in [0.3, 0.4) is 0 Å². The number of fused-ring (bicyclic) bond motifs is 5. The van der Waals surface area contributed by atoms with E-state index in [2.05, 4.69) is 74.4 Å². The SMILES string of the molecule is CCC(CNC(=O)C(C)(COC(=O)C(C)(C)Br)COC(=O)C(C)(C)Br)(CNC(=O)C(C)(COC(=O)C(C)(C)Br)COC(=O)C(C)(C)Br)COCCOCCOCCOCCOCCOCCOCCOCCOCCOCCOCCOCCN1C(=O)C2C3C=CC(O3)C2C1=O. The van der Waals surface area contributed by atoms with Crippen molar-refractivity contribution in [3.8, 4) is 0 Å². The summed E-state index contributed by atoms with van der Waals surface area (Å²) < 4.78 is 91.0. The van der Waals surface area contributed by atoms with Gasteiger partial charge in [-0.3, -0.25) is 43.3 Å². The molecule has 2 N–H and O–H groups in total. The van der Waals surface area contributed by atoms with Gasteiger partial charge in [-0.15, -0.1) is 0 Å². The second-order valence-corrected chi connectivity index (χ2v) is 33.6. The first kappa shape index (κ1) is 87.3. The minimum Gasteiger partial charge on any atom is -0.463 e. The standard InChI is InChI=1S/C64H105Br4N3O25/c1-12-64(39-69-52(74)62(10,41-92-54(76)58(2,3)65)42-93-55(77)59(4,5)66,40-70-53(75)63(11,43-94-56(78)60(6,7)67)44-95-57(79)61(8,9)68)45-91-38-37-90-36-35-89-34-33-88-32-31-87-30-29-86-28-27-85-26-25-84-24-23-83-22-21-82-20-19-81-18-17-80-16-15-71-50(72)48-46-13-14-47(96-46)49(48)51(71)73/h13-14,46-49H,12,15-45H2,1-11H3,(H,69,74)(H,70,75). The minimum absolute atomic E-state index is 0.00811. The van der Waals surface area contributed by atoms with Crippen molar-refractivity contribution in [1.82, 2.24) is 15.5 Å². The Morgan fingerprint density at radius 2 is 0.615 bits per heavy atom. The lowest BCUT2D eigenvalue weighted by atomic mass is 9.83. The van der Waals surface area contributed by atoms with Gasteiger partial charge >= 0.3 is 23.9 Å². The molecule has 2 fully saturated rings. The number of alkyl halides is 4. The van der Waals surface area contributed by atoms with E-state index < -0.39 is 107 Å². The molecule has 0 radical (unpaired) electrons. The highest BCUT2D eigenvalue weighted by molar-refractivity contribution is 9.10. The van der Waals surface area contributed by atoms with Crippen LogP contribution < -0.4 is 10.6 Å². The molecular formula is C64H105Br4N3O25. The van der Waals surface area contributed by atoms with Gasteiger partial charge < -0.3 is 91.2 Å². The number of esters is 4. The van der Waals surface area contributed by atoms with E-state index in [1.807, 2.05) is 19.1 Å². The van der Waals surface area contributed by atoms with Crippen LogP contribution in [-0.2, 0) is 119 Å². The van der Waals surface area contributed by atoms with Crippen LogP contribution in [-0.4, -0.2) is 287 Å². The number of nitrogens with zero attached hydrogens (tertiary/aromatic N) is 1. The van der Waals surface area contributed by atoms with Crippen molar-refractivity contribution in [2.24, 2.45) is 28.1 Å². The first-order valence-corrected chi connectivity index (χ1v) is 35.5. The number of halogens is 4. The third kappa shape index (κ3) is 32.8. The molecule has 0 aromatic carbocycles.